The van der Waals surface area contributed by atoms with Crippen LogP contribution in [0.4, 0.5) is 0 Å². The number of ketones is 1. The van der Waals surface area contributed by atoms with Gasteiger partial charge in [-0.1, -0.05) is 35.9 Å². The summed E-state index contributed by atoms with van der Waals surface area (Å²) < 4.78 is 0. The summed E-state index contributed by atoms with van der Waals surface area (Å²) in [6, 6.07) is 7.79. The lowest BCUT2D eigenvalue weighted by atomic mass is 9.83. The summed E-state index contributed by atoms with van der Waals surface area (Å²) in [5, 5.41) is 0.736. The lowest BCUT2D eigenvalue weighted by Crippen LogP contribution is -2.12. The zero-order valence-electron chi connectivity index (χ0n) is 9.82. The molecule has 0 N–H and O–H groups in total. The molecule has 0 spiro atoms. The van der Waals surface area contributed by atoms with Crippen molar-refractivity contribution < 1.29 is 4.79 Å². The maximum absolute atomic E-state index is 11.7. The average molecular weight is 247 g/mol. The van der Waals surface area contributed by atoms with Gasteiger partial charge in [0.15, 0.2) is 5.78 Å². The van der Waals surface area contributed by atoms with Crippen LogP contribution >= 0.6 is 11.6 Å². The Morgan fingerprint density at radius 3 is 2.59 bits per heavy atom. The molecule has 0 radical (unpaired) electrons. The Labute approximate surface area is 107 Å². The van der Waals surface area contributed by atoms with Gasteiger partial charge in [-0.05, 0) is 48.6 Å². The lowest BCUT2D eigenvalue weighted by Gasteiger charge is -2.21. The molecular weight excluding hydrogens is 232 g/mol. The van der Waals surface area contributed by atoms with Crippen LogP contribution < -0.4 is 0 Å². The normalized spacial score (nSPS) is 20.7. The molecule has 2 rings (SSSR count). The van der Waals surface area contributed by atoms with Crippen molar-refractivity contribution >= 4 is 17.4 Å². The largest absolute Gasteiger partial charge is 0.295 e. The molecule has 0 saturated carbocycles. The van der Waals surface area contributed by atoms with Crippen LogP contribution in [0, 0.1) is 0 Å². The molecular formula is C15H15ClO. The van der Waals surface area contributed by atoms with Gasteiger partial charge in [-0.25, -0.2) is 0 Å². The number of rotatable bonds is 2. The Bertz CT molecular complexity index is 468. The predicted molar refractivity (Wildman–Crippen MR) is 71.3 cm³/mol. The van der Waals surface area contributed by atoms with E-state index in [1.54, 1.807) is 6.08 Å². The van der Waals surface area contributed by atoms with Crippen molar-refractivity contribution in [2.75, 3.05) is 0 Å². The Balaban J connectivity index is 2.21. The van der Waals surface area contributed by atoms with Gasteiger partial charge in [0.2, 0.25) is 0 Å². The highest BCUT2D eigenvalue weighted by molar-refractivity contribution is 6.30. The molecule has 0 fully saturated rings. The summed E-state index contributed by atoms with van der Waals surface area (Å²) in [6.07, 6.45) is 7.27. The molecule has 2 heteroatoms. The number of hydrogen-bond acceptors (Lipinski definition) is 1. The highest BCUT2D eigenvalue weighted by Crippen LogP contribution is 2.32. The Kier molecular flexibility index (Phi) is 3.80. The summed E-state index contributed by atoms with van der Waals surface area (Å²) in [7, 11) is 0. The van der Waals surface area contributed by atoms with Crippen molar-refractivity contribution in [1.82, 2.24) is 0 Å². The molecule has 0 bridgehead atoms. The van der Waals surface area contributed by atoms with Crippen LogP contribution in [-0.2, 0) is 4.79 Å². The van der Waals surface area contributed by atoms with E-state index in [0.29, 0.717) is 6.42 Å². The van der Waals surface area contributed by atoms with Gasteiger partial charge in [0.25, 0.3) is 0 Å². The van der Waals surface area contributed by atoms with Crippen LogP contribution in [0.3, 0.4) is 0 Å². The van der Waals surface area contributed by atoms with Crippen LogP contribution in [-0.4, -0.2) is 5.78 Å². The second-order valence-corrected chi connectivity index (χ2v) is 4.78. The first-order chi connectivity index (χ1) is 8.19. The minimum Gasteiger partial charge on any atom is -0.295 e. The lowest BCUT2D eigenvalue weighted by molar-refractivity contribution is -0.115. The van der Waals surface area contributed by atoms with Gasteiger partial charge >= 0.3 is 0 Å². The summed E-state index contributed by atoms with van der Waals surface area (Å²) in [4.78, 5) is 11.7. The molecule has 17 heavy (non-hydrogen) atoms. The fourth-order valence-electron chi connectivity index (χ4n) is 2.23. The Morgan fingerprint density at radius 1 is 1.24 bits per heavy atom. The first kappa shape index (κ1) is 12.1. The monoisotopic (exact) mass is 246 g/mol. The molecule has 1 aliphatic carbocycles. The van der Waals surface area contributed by atoms with E-state index < -0.39 is 0 Å². The summed E-state index contributed by atoms with van der Waals surface area (Å²) >= 11 is 5.87. The van der Waals surface area contributed by atoms with Crippen molar-refractivity contribution in [2.45, 2.75) is 25.7 Å². The number of halogens is 1. The van der Waals surface area contributed by atoms with Gasteiger partial charge < -0.3 is 0 Å². The first-order valence-corrected chi connectivity index (χ1v) is 6.18. The number of carbonyl (C=O) groups is 1. The maximum atomic E-state index is 11.7. The van der Waals surface area contributed by atoms with E-state index in [0.717, 1.165) is 17.0 Å². The van der Waals surface area contributed by atoms with E-state index in [1.165, 1.54) is 5.56 Å². The van der Waals surface area contributed by atoms with E-state index in [4.69, 9.17) is 11.6 Å². The molecule has 0 heterocycles. The Morgan fingerprint density at radius 2 is 1.94 bits per heavy atom. The summed E-state index contributed by atoms with van der Waals surface area (Å²) in [5.74, 6) is 0.500. The zero-order valence-corrected chi connectivity index (χ0v) is 10.6. The third kappa shape index (κ3) is 3.07. The van der Waals surface area contributed by atoms with E-state index >= 15 is 0 Å². The fraction of sp³-hybridized carbons (Fsp3) is 0.267. The smallest absolute Gasteiger partial charge is 0.156 e. The zero-order chi connectivity index (χ0) is 12.3. The van der Waals surface area contributed by atoms with Crippen LogP contribution in [0.1, 0.15) is 31.2 Å². The quantitative estimate of drug-likeness (QED) is 0.761. The van der Waals surface area contributed by atoms with Crippen LogP contribution in [0.2, 0.25) is 5.02 Å². The molecule has 1 atom stereocenters. The molecule has 1 aromatic rings. The third-order valence-electron chi connectivity index (χ3n) is 3.00. The molecule has 0 amide bonds. The van der Waals surface area contributed by atoms with Crippen molar-refractivity contribution in [1.29, 1.82) is 0 Å². The number of carbonyl (C=O) groups excluding carboxylic acids is 1. The molecule has 1 aliphatic rings. The molecule has 88 valence electrons. The first-order valence-electron chi connectivity index (χ1n) is 5.80. The van der Waals surface area contributed by atoms with Crippen LogP contribution in [0.15, 0.2) is 48.1 Å². The van der Waals surface area contributed by atoms with Crippen molar-refractivity contribution in [2.24, 2.45) is 0 Å². The van der Waals surface area contributed by atoms with Gasteiger partial charge in [-0.15, -0.1) is 0 Å². The minimum absolute atomic E-state index is 0.212. The maximum Gasteiger partial charge on any atom is 0.156 e. The highest BCUT2D eigenvalue weighted by atomic mass is 35.5. The van der Waals surface area contributed by atoms with E-state index in [2.05, 4.69) is 0 Å². The predicted octanol–water partition coefficient (Wildman–Crippen LogP) is 4.29. The van der Waals surface area contributed by atoms with Gasteiger partial charge in [-0.3, -0.25) is 4.79 Å². The van der Waals surface area contributed by atoms with E-state index in [-0.39, 0.29) is 11.7 Å². The summed E-state index contributed by atoms with van der Waals surface area (Å²) in [6.45, 7) is 1.97. The van der Waals surface area contributed by atoms with Crippen LogP contribution in [0.25, 0.3) is 0 Å². The van der Waals surface area contributed by atoms with Gasteiger partial charge in [0.05, 0.1) is 0 Å². The van der Waals surface area contributed by atoms with Crippen molar-refractivity contribution in [3.63, 3.8) is 0 Å². The van der Waals surface area contributed by atoms with Gasteiger partial charge in [0.1, 0.15) is 0 Å². The van der Waals surface area contributed by atoms with Crippen LogP contribution in [0.5, 0.6) is 0 Å². The second-order valence-electron chi connectivity index (χ2n) is 4.34. The highest BCUT2D eigenvalue weighted by Gasteiger charge is 2.20. The second kappa shape index (κ2) is 5.33. The number of allylic oxidation sites excluding steroid dienone is 4. The summed E-state index contributed by atoms with van der Waals surface area (Å²) in [5.41, 5.74) is 2.31. The SMILES string of the molecule is CC=CC1=CC(=O)CC(c2ccc(Cl)cc2)C1. The fourth-order valence-corrected chi connectivity index (χ4v) is 2.35. The van der Waals surface area contributed by atoms with E-state index in [1.807, 2.05) is 43.3 Å². The van der Waals surface area contributed by atoms with Crippen molar-refractivity contribution in [3.8, 4) is 0 Å². The standard InChI is InChI=1S/C15H15ClO/c1-2-3-11-8-13(10-15(17)9-11)12-4-6-14(16)7-5-12/h2-7,9,13H,8,10H2,1H3. The molecule has 1 unspecified atom stereocenters. The third-order valence-corrected chi connectivity index (χ3v) is 3.25. The minimum atomic E-state index is 0.212. The molecule has 1 nitrogen and oxygen atoms in total. The number of hydrogen-bond donors (Lipinski definition) is 0. The molecule has 0 saturated heterocycles. The van der Waals surface area contributed by atoms with E-state index in [9.17, 15) is 4.79 Å². The Hall–Kier alpha value is -1.34. The van der Waals surface area contributed by atoms with Gasteiger partial charge in [0, 0.05) is 11.4 Å². The van der Waals surface area contributed by atoms with Gasteiger partial charge in [-0.2, -0.15) is 0 Å². The topological polar surface area (TPSA) is 17.1 Å². The molecule has 0 aromatic heterocycles. The molecule has 1 aromatic carbocycles. The van der Waals surface area contributed by atoms with Crippen molar-refractivity contribution in [3.05, 3.63) is 58.7 Å². The number of benzene rings is 1. The average Bonchev–Trinajstić information content (AvgIpc) is 2.29. The molecule has 0 aliphatic heterocycles.